The summed E-state index contributed by atoms with van der Waals surface area (Å²) < 4.78 is 9.67. The highest BCUT2D eigenvalue weighted by Gasteiger charge is 2.14. The number of nitrogens with zero attached hydrogens (tertiary/aromatic N) is 1. The van der Waals surface area contributed by atoms with Crippen LogP contribution in [0.1, 0.15) is 47.1 Å². The third-order valence-corrected chi connectivity index (χ3v) is 8.55. The van der Waals surface area contributed by atoms with Crippen molar-refractivity contribution in [2.75, 3.05) is 25.7 Å². The van der Waals surface area contributed by atoms with Crippen LogP contribution in [0.25, 0.3) is 23.1 Å². The lowest BCUT2D eigenvalue weighted by molar-refractivity contribution is -0.141. The summed E-state index contributed by atoms with van der Waals surface area (Å²) in [6, 6.07) is 18.1. The zero-order valence-electron chi connectivity index (χ0n) is 20.4. The lowest BCUT2D eigenvalue weighted by Gasteiger charge is -2.17. The van der Waals surface area contributed by atoms with Crippen molar-refractivity contribution < 1.29 is 19.1 Å². The number of benzene rings is 2. The molecule has 1 unspecified atom stereocenters. The number of carbonyl (C=O) groups excluding carboxylic acids is 2. The fourth-order valence-electron chi connectivity index (χ4n) is 3.45. The van der Waals surface area contributed by atoms with Crippen LogP contribution in [0.4, 0.5) is 0 Å². The maximum atomic E-state index is 11.6. The number of esters is 2. The van der Waals surface area contributed by atoms with Crippen LogP contribution in [0.15, 0.2) is 54.6 Å². The standard InChI is InChI=1S/C28H30ClNO4S2/c1-33-26(31)8-3-4-16-35-28(36-17-15-27(32)34-2)22-7-5-6-20(18-22)9-13-24-14-11-21-10-12-23(29)19-25(21)30-24/h5-7,9-14,18-19,28H,3-4,8,15-17H2,1-2H3. The number of methoxy groups -OCH3 is 2. The Balaban J connectivity index is 1.68. The first-order chi connectivity index (χ1) is 17.5. The zero-order chi connectivity index (χ0) is 25.8. The Bertz CT molecular complexity index is 1200. The molecule has 190 valence electrons. The average molecular weight is 544 g/mol. The van der Waals surface area contributed by atoms with Crippen molar-refractivity contribution in [3.8, 4) is 0 Å². The third kappa shape index (κ3) is 9.19. The molecule has 2 aromatic carbocycles. The number of halogens is 1. The molecule has 5 nitrogen and oxygen atoms in total. The number of ether oxygens (including phenoxy) is 2. The lowest BCUT2D eigenvalue weighted by Crippen LogP contribution is -2.03. The Labute approximate surface area is 226 Å². The van der Waals surface area contributed by atoms with Gasteiger partial charge in [-0.25, -0.2) is 4.98 Å². The van der Waals surface area contributed by atoms with Gasteiger partial charge in [0.15, 0.2) is 0 Å². The SMILES string of the molecule is COC(=O)CCCCSC(SCCC(=O)OC)c1cccc(C=Cc2ccc3ccc(Cl)cc3n2)c1. The number of rotatable bonds is 13. The highest BCUT2D eigenvalue weighted by atomic mass is 35.5. The highest BCUT2D eigenvalue weighted by Crippen LogP contribution is 2.40. The third-order valence-electron chi connectivity index (χ3n) is 5.38. The molecule has 3 rings (SSSR count). The topological polar surface area (TPSA) is 65.5 Å². The molecule has 0 bridgehead atoms. The average Bonchev–Trinajstić information content (AvgIpc) is 2.90. The zero-order valence-corrected chi connectivity index (χ0v) is 22.8. The van der Waals surface area contributed by atoms with Gasteiger partial charge in [-0.05, 0) is 60.1 Å². The van der Waals surface area contributed by atoms with E-state index in [1.54, 1.807) is 11.8 Å². The van der Waals surface area contributed by atoms with Gasteiger partial charge in [-0.2, -0.15) is 0 Å². The van der Waals surface area contributed by atoms with E-state index in [0.717, 1.165) is 40.8 Å². The summed E-state index contributed by atoms with van der Waals surface area (Å²) in [5.74, 6) is 1.21. The minimum absolute atomic E-state index is 0.169. The van der Waals surface area contributed by atoms with Gasteiger partial charge >= 0.3 is 11.9 Å². The molecule has 0 spiro atoms. The van der Waals surface area contributed by atoms with Crippen molar-refractivity contribution in [3.63, 3.8) is 0 Å². The van der Waals surface area contributed by atoms with Crippen LogP contribution in [0, 0.1) is 0 Å². The van der Waals surface area contributed by atoms with Crippen molar-refractivity contribution >= 4 is 70.1 Å². The Hall–Kier alpha value is -2.48. The van der Waals surface area contributed by atoms with E-state index >= 15 is 0 Å². The van der Waals surface area contributed by atoms with Crippen LogP contribution < -0.4 is 0 Å². The van der Waals surface area contributed by atoms with Crippen LogP contribution in [0.5, 0.6) is 0 Å². The van der Waals surface area contributed by atoms with Crippen LogP contribution in [-0.4, -0.2) is 42.6 Å². The second-order valence-corrected chi connectivity index (χ2v) is 11.2. The van der Waals surface area contributed by atoms with E-state index < -0.39 is 0 Å². The molecule has 0 N–H and O–H groups in total. The summed E-state index contributed by atoms with van der Waals surface area (Å²) in [5.41, 5.74) is 3.98. The Morgan fingerprint density at radius 3 is 2.47 bits per heavy atom. The molecule has 0 radical (unpaired) electrons. The van der Waals surface area contributed by atoms with Gasteiger partial charge in [-0.3, -0.25) is 9.59 Å². The number of thioether (sulfide) groups is 2. The molecule has 0 amide bonds. The minimum atomic E-state index is -0.204. The minimum Gasteiger partial charge on any atom is -0.469 e. The maximum Gasteiger partial charge on any atom is 0.306 e. The summed E-state index contributed by atoms with van der Waals surface area (Å²) in [7, 11) is 2.83. The summed E-state index contributed by atoms with van der Waals surface area (Å²) >= 11 is 9.68. The summed E-state index contributed by atoms with van der Waals surface area (Å²) in [6.45, 7) is 0. The molecule has 0 aliphatic rings. The van der Waals surface area contributed by atoms with Crippen molar-refractivity contribution in [2.24, 2.45) is 0 Å². The molecule has 8 heteroatoms. The molecule has 0 saturated carbocycles. The summed E-state index contributed by atoms with van der Waals surface area (Å²) in [5, 5.41) is 1.72. The van der Waals surface area contributed by atoms with E-state index in [0.29, 0.717) is 23.6 Å². The molecule has 0 fully saturated rings. The van der Waals surface area contributed by atoms with Crippen LogP contribution >= 0.6 is 35.1 Å². The molecular formula is C28H30ClNO4S2. The van der Waals surface area contributed by atoms with E-state index in [2.05, 4.69) is 24.3 Å². The maximum absolute atomic E-state index is 11.6. The van der Waals surface area contributed by atoms with Crippen molar-refractivity contribution in [3.05, 3.63) is 76.4 Å². The molecule has 36 heavy (non-hydrogen) atoms. The number of pyridine rings is 1. The molecule has 1 heterocycles. The Kier molecular flexibility index (Phi) is 11.7. The number of fused-ring (bicyclic) bond motifs is 1. The molecule has 0 aliphatic carbocycles. The van der Waals surface area contributed by atoms with E-state index in [1.165, 1.54) is 19.8 Å². The summed E-state index contributed by atoms with van der Waals surface area (Å²) in [6.07, 6.45) is 6.58. The fourth-order valence-corrected chi connectivity index (χ4v) is 6.34. The normalized spacial score (nSPS) is 12.1. The van der Waals surface area contributed by atoms with Gasteiger partial charge in [0.05, 0.1) is 36.4 Å². The monoisotopic (exact) mass is 543 g/mol. The predicted octanol–water partition coefficient (Wildman–Crippen LogP) is 7.43. The molecule has 3 aromatic rings. The molecule has 1 aromatic heterocycles. The van der Waals surface area contributed by atoms with Gasteiger partial charge in [0, 0.05) is 22.6 Å². The second-order valence-electron chi connectivity index (χ2n) is 8.01. The van der Waals surface area contributed by atoms with Crippen LogP contribution in [0.2, 0.25) is 5.02 Å². The van der Waals surface area contributed by atoms with Crippen molar-refractivity contribution in [1.82, 2.24) is 4.98 Å². The molecule has 1 atom stereocenters. The van der Waals surface area contributed by atoms with Gasteiger partial charge < -0.3 is 9.47 Å². The van der Waals surface area contributed by atoms with Crippen molar-refractivity contribution in [1.29, 1.82) is 0 Å². The number of unbranched alkanes of at least 4 members (excludes halogenated alkanes) is 1. The smallest absolute Gasteiger partial charge is 0.306 e. The second kappa shape index (κ2) is 14.9. The molecule has 0 aliphatic heterocycles. The summed E-state index contributed by atoms with van der Waals surface area (Å²) in [4.78, 5) is 27.6. The Morgan fingerprint density at radius 1 is 0.917 bits per heavy atom. The first-order valence-electron chi connectivity index (χ1n) is 11.7. The van der Waals surface area contributed by atoms with Gasteiger partial charge in [-0.1, -0.05) is 48.0 Å². The lowest BCUT2D eigenvalue weighted by atomic mass is 10.1. The fraction of sp³-hybridized carbons (Fsp3) is 0.321. The van der Waals surface area contributed by atoms with Crippen molar-refractivity contribution in [2.45, 2.75) is 30.3 Å². The molecular weight excluding hydrogens is 514 g/mol. The van der Waals surface area contributed by atoms with E-state index in [-0.39, 0.29) is 16.5 Å². The van der Waals surface area contributed by atoms with E-state index in [1.807, 2.05) is 54.2 Å². The van der Waals surface area contributed by atoms with E-state index in [4.69, 9.17) is 26.1 Å². The van der Waals surface area contributed by atoms with Crippen LogP contribution in [0.3, 0.4) is 0 Å². The van der Waals surface area contributed by atoms with Gasteiger partial charge in [0.25, 0.3) is 0 Å². The first kappa shape index (κ1) is 28.1. The largest absolute Gasteiger partial charge is 0.469 e. The quantitative estimate of drug-likeness (QED) is 0.126. The van der Waals surface area contributed by atoms with Gasteiger partial charge in [0.1, 0.15) is 0 Å². The van der Waals surface area contributed by atoms with Gasteiger partial charge in [0.2, 0.25) is 0 Å². The predicted molar refractivity (Wildman–Crippen MR) is 152 cm³/mol. The van der Waals surface area contributed by atoms with Gasteiger partial charge in [-0.15, -0.1) is 23.5 Å². The number of hydrogen-bond acceptors (Lipinski definition) is 7. The highest BCUT2D eigenvalue weighted by molar-refractivity contribution is 8.16. The molecule has 0 saturated heterocycles. The van der Waals surface area contributed by atoms with Crippen LogP contribution in [-0.2, 0) is 19.1 Å². The van der Waals surface area contributed by atoms with E-state index in [9.17, 15) is 9.59 Å². The first-order valence-corrected chi connectivity index (χ1v) is 14.2. The number of carbonyl (C=O) groups is 2. The Morgan fingerprint density at radius 2 is 1.67 bits per heavy atom. The number of aromatic nitrogens is 1. The number of hydrogen-bond donors (Lipinski definition) is 0.